The van der Waals surface area contributed by atoms with Crippen molar-refractivity contribution in [2.75, 3.05) is 0 Å². The molecular weight excluding hydrogens is 138 g/mol. The molecule has 0 saturated carbocycles. The summed E-state index contributed by atoms with van der Waals surface area (Å²) in [6, 6.07) is 0. The number of rotatable bonds is 2. The minimum atomic E-state index is 0.476. The molecule has 0 atom stereocenters. The predicted octanol–water partition coefficient (Wildman–Crippen LogP) is 0.283. The molecule has 1 heterocycles. The van der Waals surface area contributed by atoms with Crippen molar-refractivity contribution < 1.29 is 0 Å². The van der Waals surface area contributed by atoms with Crippen LogP contribution in [0.1, 0.15) is 11.3 Å². The molecule has 0 radical (unpaired) electrons. The maximum atomic E-state index is 5.43. The Labute approximate surface area is 66.2 Å². The second-order valence-corrected chi connectivity index (χ2v) is 2.36. The first kappa shape index (κ1) is 7.83. The van der Waals surface area contributed by atoms with E-state index >= 15 is 0 Å². The van der Waals surface area contributed by atoms with Gasteiger partial charge in [0.25, 0.3) is 0 Å². The van der Waals surface area contributed by atoms with Gasteiger partial charge in [-0.15, -0.1) is 6.42 Å². The van der Waals surface area contributed by atoms with Crippen LogP contribution in [0, 0.1) is 19.3 Å². The number of hydrogen-bond acceptors (Lipinski definition) is 2. The van der Waals surface area contributed by atoms with E-state index in [1.54, 1.807) is 4.68 Å². The van der Waals surface area contributed by atoms with Gasteiger partial charge in [0.05, 0.1) is 5.69 Å². The fourth-order valence-electron chi connectivity index (χ4n) is 0.937. The fraction of sp³-hybridized carbons (Fsp3) is 0.375. The van der Waals surface area contributed by atoms with Gasteiger partial charge in [0, 0.05) is 12.7 Å². The summed E-state index contributed by atoms with van der Waals surface area (Å²) in [5, 5.41) is 4.17. The molecule has 3 heteroatoms. The van der Waals surface area contributed by atoms with Crippen LogP contribution in [0.25, 0.3) is 0 Å². The number of nitrogens with two attached hydrogens (primary N) is 1. The highest BCUT2D eigenvalue weighted by Gasteiger charge is 2.00. The minimum absolute atomic E-state index is 0.476. The molecule has 1 aromatic rings. The van der Waals surface area contributed by atoms with Crippen LogP contribution >= 0.6 is 0 Å². The van der Waals surface area contributed by atoms with Crippen molar-refractivity contribution >= 4 is 0 Å². The highest BCUT2D eigenvalue weighted by molar-refractivity contribution is 5.14. The highest BCUT2D eigenvalue weighted by atomic mass is 15.3. The maximum Gasteiger partial charge on any atom is 0.101 e. The van der Waals surface area contributed by atoms with Crippen molar-refractivity contribution in [2.24, 2.45) is 5.73 Å². The first-order valence-corrected chi connectivity index (χ1v) is 3.44. The van der Waals surface area contributed by atoms with Crippen molar-refractivity contribution in [2.45, 2.75) is 20.0 Å². The zero-order chi connectivity index (χ0) is 8.27. The normalized spacial score (nSPS) is 9.55. The summed E-state index contributed by atoms with van der Waals surface area (Å²) >= 11 is 0. The molecule has 11 heavy (non-hydrogen) atoms. The molecule has 1 aromatic heterocycles. The minimum Gasteiger partial charge on any atom is -0.325 e. The Bertz CT molecular complexity index is 280. The standard InChI is InChI=1S/C8H11N3/c1-3-4-11-6-7(2)8(5-9)10-11/h1,6H,4-5,9H2,2H3. The summed E-state index contributed by atoms with van der Waals surface area (Å²) in [6.07, 6.45) is 7.02. The smallest absolute Gasteiger partial charge is 0.101 e. The van der Waals surface area contributed by atoms with Gasteiger partial charge in [-0.05, 0) is 12.5 Å². The second-order valence-electron chi connectivity index (χ2n) is 2.36. The number of hydrogen-bond donors (Lipinski definition) is 1. The lowest BCUT2D eigenvalue weighted by Gasteiger charge is -1.90. The molecule has 1 rings (SSSR count). The summed E-state index contributed by atoms with van der Waals surface area (Å²) in [7, 11) is 0. The Morgan fingerprint density at radius 1 is 1.82 bits per heavy atom. The van der Waals surface area contributed by atoms with Crippen molar-refractivity contribution in [3.63, 3.8) is 0 Å². The molecule has 0 aromatic carbocycles. The van der Waals surface area contributed by atoms with Gasteiger partial charge in [0.15, 0.2) is 0 Å². The van der Waals surface area contributed by atoms with Crippen molar-refractivity contribution in [1.82, 2.24) is 9.78 Å². The molecule has 0 amide bonds. The molecule has 2 N–H and O–H groups in total. The van der Waals surface area contributed by atoms with E-state index in [0.717, 1.165) is 11.3 Å². The monoisotopic (exact) mass is 149 g/mol. The molecular formula is C8H11N3. The van der Waals surface area contributed by atoms with E-state index in [1.165, 1.54) is 0 Å². The molecule has 0 fully saturated rings. The van der Waals surface area contributed by atoms with Gasteiger partial charge in [0.2, 0.25) is 0 Å². The lowest BCUT2D eigenvalue weighted by Crippen LogP contribution is -2.01. The van der Waals surface area contributed by atoms with E-state index in [2.05, 4.69) is 11.0 Å². The van der Waals surface area contributed by atoms with Crippen LogP contribution in [0.15, 0.2) is 6.20 Å². The van der Waals surface area contributed by atoms with Crippen molar-refractivity contribution in [1.29, 1.82) is 0 Å². The van der Waals surface area contributed by atoms with Gasteiger partial charge in [-0.1, -0.05) is 5.92 Å². The SMILES string of the molecule is C#CCn1cc(C)c(CN)n1. The summed E-state index contributed by atoms with van der Waals surface area (Å²) in [5.74, 6) is 2.51. The number of aryl methyl sites for hydroxylation is 1. The first-order chi connectivity index (χ1) is 5.27. The third-order valence-corrected chi connectivity index (χ3v) is 1.49. The Morgan fingerprint density at radius 2 is 2.55 bits per heavy atom. The van der Waals surface area contributed by atoms with Gasteiger partial charge in [-0.2, -0.15) is 5.10 Å². The van der Waals surface area contributed by atoms with Crippen LogP contribution in [0.4, 0.5) is 0 Å². The zero-order valence-electron chi connectivity index (χ0n) is 6.54. The average molecular weight is 149 g/mol. The lowest BCUT2D eigenvalue weighted by atomic mass is 10.3. The van der Waals surface area contributed by atoms with Gasteiger partial charge in [-0.25, -0.2) is 0 Å². The van der Waals surface area contributed by atoms with Crippen LogP contribution in [0.5, 0.6) is 0 Å². The molecule has 0 aliphatic carbocycles. The van der Waals surface area contributed by atoms with Gasteiger partial charge >= 0.3 is 0 Å². The summed E-state index contributed by atoms with van der Waals surface area (Å²) < 4.78 is 1.72. The number of nitrogens with zero attached hydrogens (tertiary/aromatic N) is 2. The van der Waals surface area contributed by atoms with Crippen molar-refractivity contribution in [3.8, 4) is 12.3 Å². The molecule has 0 saturated heterocycles. The molecule has 0 unspecified atom stereocenters. The zero-order valence-corrected chi connectivity index (χ0v) is 6.54. The third-order valence-electron chi connectivity index (χ3n) is 1.49. The highest BCUT2D eigenvalue weighted by Crippen LogP contribution is 2.02. The van der Waals surface area contributed by atoms with Crippen LogP contribution in [-0.2, 0) is 13.1 Å². The third kappa shape index (κ3) is 1.60. The summed E-state index contributed by atoms with van der Waals surface area (Å²) in [4.78, 5) is 0. The summed E-state index contributed by atoms with van der Waals surface area (Å²) in [6.45, 7) is 2.96. The maximum absolute atomic E-state index is 5.43. The van der Waals surface area contributed by atoms with Gasteiger partial charge in [-0.3, -0.25) is 4.68 Å². The topological polar surface area (TPSA) is 43.8 Å². The van der Waals surface area contributed by atoms with E-state index in [9.17, 15) is 0 Å². The second kappa shape index (κ2) is 3.22. The van der Waals surface area contributed by atoms with Gasteiger partial charge < -0.3 is 5.73 Å². The molecule has 0 aliphatic rings. The van der Waals surface area contributed by atoms with Gasteiger partial charge in [0.1, 0.15) is 6.54 Å². The molecule has 58 valence electrons. The van der Waals surface area contributed by atoms with E-state index in [-0.39, 0.29) is 0 Å². The lowest BCUT2D eigenvalue weighted by molar-refractivity contribution is 0.697. The van der Waals surface area contributed by atoms with Crippen LogP contribution in [0.3, 0.4) is 0 Å². The van der Waals surface area contributed by atoms with Crippen LogP contribution in [0.2, 0.25) is 0 Å². The molecule has 3 nitrogen and oxygen atoms in total. The Morgan fingerprint density at radius 3 is 3.00 bits per heavy atom. The predicted molar refractivity (Wildman–Crippen MR) is 43.7 cm³/mol. The van der Waals surface area contributed by atoms with E-state index in [4.69, 9.17) is 12.2 Å². The Kier molecular flexibility index (Phi) is 2.29. The van der Waals surface area contributed by atoms with E-state index < -0.39 is 0 Å². The van der Waals surface area contributed by atoms with Crippen molar-refractivity contribution in [3.05, 3.63) is 17.5 Å². The molecule has 0 bridgehead atoms. The first-order valence-electron chi connectivity index (χ1n) is 3.44. The van der Waals surface area contributed by atoms with E-state index in [0.29, 0.717) is 13.1 Å². The Balaban J connectivity index is 2.88. The quantitative estimate of drug-likeness (QED) is 0.614. The molecule has 0 aliphatic heterocycles. The largest absolute Gasteiger partial charge is 0.325 e. The number of aromatic nitrogens is 2. The summed E-state index contributed by atoms with van der Waals surface area (Å²) in [5.41, 5.74) is 7.45. The van der Waals surface area contributed by atoms with Crippen LogP contribution in [-0.4, -0.2) is 9.78 Å². The van der Waals surface area contributed by atoms with E-state index in [1.807, 2.05) is 13.1 Å². The average Bonchev–Trinajstić information content (AvgIpc) is 2.32. The molecule has 0 spiro atoms. The van der Waals surface area contributed by atoms with Crippen LogP contribution < -0.4 is 5.73 Å². The number of terminal acetylenes is 1. The fourth-order valence-corrected chi connectivity index (χ4v) is 0.937. The Hall–Kier alpha value is -1.27.